The number of rotatable bonds is 4. The molecule has 0 aliphatic carbocycles. The van der Waals surface area contributed by atoms with Crippen molar-refractivity contribution in [2.45, 2.75) is 0 Å². The zero-order valence-electron chi connectivity index (χ0n) is 12.8. The fourth-order valence-electron chi connectivity index (χ4n) is 2.26. The highest BCUT2D eigenvalue weighted by Gasteiger charge is 2.12. The summed E-state index contributed by atoms with van der Waals surface area (Å²) in [6.45, 7) is 0. The molecule has 1 aromatic carbocycles. The van der Waals surface area contributed by atoms with Crippen LogP contribution < -0.4 is 4.74 Å². The van der Waals surface area contributed by atoms with Gasteiger partial charge in [0.2, 0.25) is 4.96 Å². The zero-order valence-corrected chi connectivity index (χ0v) is 13.6. The van der Waals surface area contributed by atoms with Gasteiger partial charge in [0.15, 0.2) is 5.82 Å². The monoisotopic (exact) mass is 335 g/mol. The van der Waals surface area contributed by atoms with Gasteiger partial charge in [-0.1, -0.05) is 23.5 Å². The number of hydrogen-bond donors (Lipinski definition) is 0. The molecule has 0 bridgehead atoms. The van der Waals surface area contributed by atoms with E-state index in [1.165, 1.54) is 11.3 Å². The molecular formula is C17H13N5OS. The third kappa shape index (κ3) is 2.77. The molecule has 0 saturated heterocycles. The Labute approximate surface area is 142 Å². The minimum Gasteiger partial charge on any atom is -0.497 e. The maximum absolute atomic E-state index is 5.18. The molecule has 24 heavy (non-hydrogen) atoms. The third-order valence-electron chi connectivity index (χ3n) is 3.46. The second kappa shape index (κ2) is 6.21. The highest BCUT2D eigenvalue weighted by molar-refractivity contribution is 7.17. The van der Waals surface area contributed by atoms with Crippen LogP contribution >= 0.6 is 11.3 Å². The lowest BCUT2D eigenvalue weighted by Gasteiger charge is -2.00. The highest BCUT2D eigenvalue weighted by Crippen LogP contribution is 2.24. The molecule has 0 aliphatic heterocycles. The molecule has 3 heterocycles. The smallest absolute Gasteiger partial charge is 0.235 e. The van der Waals surface area contributed by atoms with Crippen LogP contribution in [-0.2, 0) is 0 Å². The third-order valence-corrected chi connectivity index (χ3v) is 4.32. The van der Waals surface area contributed by atoms with Gasteiger partial charge in [0, 0.05) is 18.0 Å². The fraction of sp³-hybridized carbons (Fsp3) is 0.0588. The Kier molecular flexibility index (Phi) is 3.76. The minimum atomic E-state index is 0.713. The average molecular weight is 335 g/mol. The Morgan fingerprint density at radius 2 is 1.96 bits per heavy atom. The van der Waals surface area contributed by atoms with Crippen molar-refractivity contribution in [1.29, 1.82) is 0 Å². The van der Waals surface area contributed by atoms with Gasteiger partial charge in [-0.3, -0.25) is 4.98 Å². The van der Waals surface area contributed by atoms with Crippen LogP contribution in [0.15, 0.2) is 48.8 Å². The molecule has 4 rings (SSSR count). The van der Waals surface area contributed by atoms with Crippen LogP contribution in [0.25, 0.3) is 28.5 Å². The van der Waals surface area contributed by atoms with Crippen LogP contribution in [0, 0.1) is 0 Å². The summed E-state index contributed by atoms with van der Waals surface area (Å²) in [7, 11) is 1.64. The second-order valence-electron chi connectivity index (χ2n) is 5.01. The van der Waals surface area contributed by atoms with Crippen molar-refractivity contribution in [3.8, 4) is 17.1 Å². The van der Waals surface area contributed by atoms with Gasteiger partial charge in [-0.25, -0.2) is 0 Å². The fourth-order valence-corrected chi connectivity index (χ4v) is 3.00. The quantitative estimate of drug-likeness (QED) is 0.572. The first-order valence-corrected chi connectivity index (χ1v) is 8.10. The lowest BCUT2D eigenvalue weighted by molar-refractivity contribution is 0.415. The standard InChI is InChI=1S/C17H13N5OS/c1-23-14-7-5-13(6-8-14)16-19-20-17-22(16)21-15(24-17)9-4-12-3-2-10-18-11-12/h2-11H,1H3. The largest absolute Gasteiger partial charge is 0.497 e. The Morgan fingerprint density at radius 1 is 1.08 bits per heavy atom. The van der Waals surface area contributed by atoms with Gasteiger partial charge in [0.05, 0.1) is 7.11 Å². The minimum absolute atomic E-state index is 0.713. The number of methoxy groups -OCH3 is 1. The van der Waals surface area contributed by atoms with Gasteiger partial charge in [0.25, 0.3) is 0 Å². The molecule has 0 saturated carbocycles. The summed E-state index contributed by atoms with van der Waals surface area (Å²) in [5.74, 6) is 1.52. The Hall–Kier alpha value is -3.06. The van der Waals surface area contributed by atoms with Gasteiger partial charge in [0.1, 0.15) is 10.8 Å². The van der Waals surface area contributed by atoms with Gasteiger partial charge >= 0.3 is 0 Å². The molecule has 7 heteroatoms. The number of benzene rings is 1. The number of hydrogen-bond acceptors (Lipinski definition) is 6. The van der Waals surface area contributed by atoms with E-state index in [9.17, 15) is 0 Å². The molecule has 0 unspecified atom stereocenters. The normalized spacial score (nSPS) is 11.4. The number of ether oxygens (including phenoxy) is 1. The van der Waals surface area contributed by atoms with E-state index in [0.29, 0.717) is 5.82 Å². The van der Waals surface area contributed by atoms with Crippen molar-refractivity contribution in [1.82, 2.24) is 24.8 Å². The second-order valence-corrected chi connectivity index (χ2v) is 5.99. The molecule has 0 spiro atoms. The van der Waals surface area contributed by atoms with E-state index in [-0.39, 0.29) is 0 Å². The van der Waals surface area contributed by atoms with E-state index in [1.54, 1.807) is 24.0 Å². The summed E-state index contributed by atoms with van der Waals surface area (Å²) < 4.78 is 6.94. The van der Waals surface area contributed by atoms with Gasteiger partial charge in [-0.05, 0) is 42.0 Å². The van der Waals surface area contributed by atoms with Crippen LogP contribution in [0.1, 0.15) is 10.6 Å². The average Bonchev–Trinajstić information content (AvgIpc) is 3.21. The SMILES string of the molecule is COc1ccc(-c2nnc3sc(C=Cc4cccnc4)nn23)cc1. The van der Waals surface area contributed by atoms with Crippen LogP contribution in [0.2, 0.25) is 0 Å². The van der Waals surface area contributed by atoms with E-state index in [4.69, 9.17) is 4.74 Å². The predicted molar refractivity (Wildman–Crippen MR) is 93.8 cm³/mol. The molecule has 0 radical (unpaired) electrons. The Bertz CT molecular complexity index is 989. The van der Waals surface area contributed by atoms with Crippen LogP contribution in [0.5, 0.6) is 5.75 Å². The summed E-state index contributed by atoms with van der Waals surface area (Å²) in [5, 5.41) is 13.9. The first-order chi connectivity index (χ1) is 11.8. The van der Waals surface area contributed by atoms with Crippen molar-refractivity contribution < 1.29 is 4.74 Å². The van der Waals surface area contributed by atoms with Crippen LogP contribution in [0.3, 0.4) is 0 Å². The van der Waals surface area contributed by atoms with E-state index < -0.39 is 0 Å². The van der Waals surface area contributed by atoms with Crippen molar-refractivity contribution in [2.24, 2.45) is 0 Å². The molecule has 0 atom stereocenters. The van der Waals surface area contributed by atoms with E-state index in [2.05, 4.69) is 20.3 Å². The molecule has 118 valence electrons. The Balaban J connectivity index is 1.66. The molecule has 0 aliphatic rings. The molecule has 3 aromatic heterocycles. The van der Waals surface area contributed by atoms with Gasteiger partial charge in [-0.2, -0.15) is 9.61 Å². The van der Waals surface area contributed by atoms with Crippen molar-refractivity contribution in [3.05, 3.63) is 59.4 Å². The maximum atomic E-state index is 5.18. The lowest BCUT2D eigenvalue weighted by atomic mass is 10.2. The maximum Gasteiger partial charge on any atom is 0.235 e. The van der Waals surface area contributed by atoms with E-state index in [0.717, 1.165) is 26.8 Å². The molecular weight excluding hydrogens is 322 g/mol. The summed E-state index contributed by atoms with van der Waals surface area (Å²) >= 11 is 1.49. The van der Waals surface area contributed by atoms with Crippen molar-refractivity contribution in [3.63, 3.8) is 0 Å². The number of nitrogens with zero attached hydrogens (tertiary/aromatic N) is 5. The molecule has 4 aromatic rings. The van der Waals surface area contributed by atoms with Crippen molar-refractivity contribution in [2.75, 3.05) is 7.11 Å². The number of aromatic nitrogens is 5. The van der Waals surface area contributed by atoms with Gasteiger partial charge in [-0.15, -0.1) is 10.2 Å². The molecule has 0 amide bonds. The van der Waals surface area contributed by atoms with E-state index >= 15 is 0 Å². The Morgan fingerprint density at radius 3 is 2.71 bits per heavy atom. The number of fused-ring (bicyclic) bond motifs is 1. The molecule has 6 nitrogen and oxygen atoms in total. The summed E-state index contributed by atoms with van der Waals surface area (Å²) in [6, 6.07) is 11.6. The van der Waals surface area contributed by atoms with Crippen LogP contribution in [-0.4, -0.2) is 31.9 Å². The van der Waals surface area contributed by atoms with Crippen LogP contribution in [0.4, 0.5) is 0 Å². The topological polar surface area (TPSA) is 65.2 Å². The van der Waals surface area contributed by atoms with E-state index in [1.807, 2.05) is 48.6 Å². The predicted octanol–water partition coefficient (Wildman–Crippen LogP) is 3.43. The zero-order chi connectivity index (χ0) is 16.4. The summed E-state index contributed by atoms with van der Waals surface area (Å²) in [4.78, 5) is 4.85. The van der Waals surface area contributed by atoms with Gasteiger partial charge < -0.3 is 4.74 Å². The van der Waals surface area contributed by atoms with Crippen molar-refractivity contribution >= 4 is 28.4 Å². The first kappa shape index (κ1) is 14.5. The number of pyridine rings is 1. The lowest BCUT2D eigenvalue weighted by Crippen LogP contribution is -1.91. The highest BCUT2D eigenvalue weighted by atomic mass is 32.1. The summed E-state index contributed by atoms with van der Waals surface area (Å²) in [5.41, 5.74) is 1.97. The molecule has 0 N–H and O–H groups in total. The summed E-state index contributed by atoms with van der Waals surface area (Å²) in [6.07, 6.45) is 7.49. The molecule has 0 fully saturated rings. The first-order valence-electron chi connectivity index (χ1n) is 7.28.